The maximum Gasteiger partial charge on any atom is 0.222 e. The van der Waals surface area contributed by atoms with E-state index >= 15 is 0 Å². The van der Waals surface area contributed by atoms with Crippen LogP contribution in [0.1, 0.15) is 25.3 Å². The lowest BCUT2D eigenvalue weighted by Crippen LogP contribution is -2.44. The molecule has 1 heterocycles. The number of halogens is 1. The third-order valence-electron chi connectivity index (χ3n) is 3.88. The SMILES string of the molecule is CC(CCc1cccc(F)c1)C(=O)NCC1(O)CCSC1. The van der Waals surface area contributed by atoms with Gasteiger partial charge in [-0.3, -0.25) is 4.79 Å². The number of nitrogens with one attached hydrogen (secondary N) is 1. The van der Waals surface area contributed by atoms with Crippen LogP contribution in [0.5, 0.6) is 0 Å². The Hall–Kier alpha value is -1.07. The molecule has 1 aromatic rings. The van der Waals surface area contributed by atoms with E-state index in [1.807, 2.05) is 13.0 Å². The van der Waals surface area contributed by atoms with Crippen molar-refractivity contribution in [2.24, 2.45) is 5.92 Å². The Morgan fingerprint density at radius 2 is 2.38 bits per heavy atom. The highest BCUT2D eigenvalue weighted by Gasteiger charge is 2.32. The van der Waals surface area contributed by atoms with Crippen molar-refractivity contribution >= 4 is 17.7 Å². The molecule has 1 aliphatic heterocycles. The number of aryl methyl sites for hydroxylation is 1. The molecule has 0 spiro atoms. The van der Waals surface area contributed by atoms with Crippen LogP contribution in [0.15, 0.2) is 24.3 Å². The quantitative estimate of drug-likeness (QED) is 0.848. The minimum Gasteiger partial charge on any atom is -0.387 e. The van der Waals surface area contributed by atoms with Crippen LogP contribution >= 0.6 is 11.8 Å². The molecule has 2 unspecified atom stereocenters. The predicted octanol–water partition coefficient (Wildman–Crippen LogP) is 2.38. The van der Waals surface area contributed by atoms with Crippen molar-refractivity contribution in [3.8, 4) is 0 Å². The van der Waals surface area contributed by atoms with E-state index in [2.05, 4.69) is 5.32 Å². The third-order valence-corrected chi connectivity index (χ3v) is 5.11. The molecular formula is C16H22FNO2S. The van der Waals surface area contributed by atoms with Crippen LogP contribution in [0.4, 0.5) is 4.39 Å². The van der Waals surface area contributed by atoms with Gasteiger partial charge in [0.15, 0.2) is 0 Å². The molecule has 21 heavy (non-hydrogen) atoms. The molecular weight excluding hydrogens is 289 g/mol. The van der Waals surface area contributed by atoms with Gasteiger partial charge in [0.1, 0.15) is 5.82 Å². The molecule has 1 saturated heterocycles. The summed E-state index contributed by atoms with van der Waals surface area (Å²) in [4.78, 5) is 12.0. The Bertz CT molecular complexity index is 489. The molecule has 0 aromatic heterocycles. The van der Waals surface area contributed by atoms with Crippen molar-refractivity contribution in [1.29, 1.82) is 0 Å². The summed E-state index contributed by atoms with van der Waals surface area (Å²) < 4.78 is 13.1. The zero-order chi connectivity index (χ0) is 15.3. The number of amides is 1. The molecule has 2 atom stereocenters. The first-order valence-corrected chi connectivity index (χ1v) is 8.46. The van der Waals surface area contributed by atoms with Gasteiger partial charge in [0, 0.05) is 18.2 Å². The molecule has 2 rings (SSSR count). The number of hydrogen-bond donors (Lipinski definition) is 2. The highest BCUT2D eigenvalue weighted by atomic mass is 32.2. The van der Waals surface area contributed by atoms with Gasteiger partial charge >= 0.3 is 0 Å². The van der Waals surface area contributed by atoms with E-state index in [1.165, 1.54) is 12.1 Å². The van der Waals surface area contributed by atoms with Gasteiger partial charge < -0.3 is 10.4 Å². The van der Waals surface area contributed by atoms with E-state index in [0.29, 0.717) is 25.1 Å². The Morgan fingerprint density at radius 3 is 3.05 bits per heavy atom. The minimum atomic E-state index is -0.747. The third kappa shape index (κ3) is 5.00. The Morgan fingerprint density at radius 1 is 1.57 bits per heavy atom. The van der Waals surface area contributed by atoms with E-state index in [1.54, 1.807) is 17.8 Å². The first kappa shape index (κ1) is 16.3. The zero-order valence-electron chi connectivity index (χ0n) is 12.3. The van der Waals surface area contributed by atoms with Gasteiger partial charge in [0.25, 0.3) is 0 Å². The fourth-order valence-corrected chi connectivity index (χ4v) is 3.66. The Labute approximate surface area is 129 Å². The number of benzene rings is 1. The summed E-state index contributed by atoms with van der Waals surface area (Å²) in [5.74, 6) is 1.19. The summed E-state index contributed by atoms with van der Waals surface area (Å²) in [6.45, 7) is 2.19. The van der Waals surface area contributed by atoms with Crippen LogP contribution in [-0.4, -0.2) is 34.7 Å². The minimum absolute atomic E-state index is 0.0447. The molecule has 1 amide bonds. The maximum absolute atomic E-state index is 13.1. The summed E-state index contributed by atoms with van der Waals surface area (Å²) in [6.07, 6.45) is 2.07. The zero-order valence-corrected chi connectivity index (χ0v) is 13.1. The standard InChI is InChI=1S/C16H22FNO2S/c1-12(5-6-13-3-2-4-14(17)9-13)15(19)18-10-16(20)7-8-21-11-16/h2-4,9,12,20H,5-8,10-11H2,1H3,(H,18,19). The van der Waals surface area contributed by atoms with E-state index in [4.69, 9.17) is 0 Å². The van der Waals surface area contributed by atoms with Crippen LogP contribution in [-0.2, 0) is 11.2 Å². The van der Waals surface area contributed by atoms with Crippen LogP contribution < -0.4 is 5.32 Å². The maximum atomic E-state index is 13.1. The van der Waals surface area contributed by atoms with Gasteiger partial charge in [-0.15, -0.1) is 0 Å². The molecule has 1 fully saturated rings. The fraction of sp³-hybridized carbons (Fsp3) is 0.562. The second kappa shape index (κ2) is 7.27. The largest absolute Gasteiger partial charge is 0.387 e. The lowest BCUT2D eigenvalue weighted by atomic mass is 9.99. The predicted molar refractivity (Wildman–Crippen MR) is 83.8 cm³/mol. The smallest absolute Gasteiger partial charge is 0.222 e. The number of rotatable bonds is 6. The lowest BCUT2D eigenvalue weighted by molar-refractivity contribution is -0.125. The van der Waals surface area contributed by atoms with Gasteiger partial charge in [-0.2, -0.15) is 11.8 Å². The van der Waals surface area contributed by atoms with E-state index in [0.717, 1.165) is 17.7 Å². The molecule has 0 radical (unpaired) electrons. The summed E-state index contributed by atoms with van der Waals surface area (Å²) in [7, 11) is 0. The van der Waals surface area contributed by atoms with Gasteiger partial charge in [0.05, 0.1) is 5.60 Å². The molecule has 3 nitrogen and oxygen atoms in total. The average Bonchev–Trinajstić information content (AvgIpc) is 2.89. The lowest BCUT2D eigenvalue weighted by Gasteiger charge is -2.22. The van der Waals surface area contributed by atoms with Crippen LogP contribution in [0, 0.1) is 11.7 Å². The number of aliphatic hydroxyl groups is 1. The molecule has 0 aliphatic carbocycles. The van der Waals surface area contributed by atoms with Crippen molar-refractivity contribution in [3.05, 3.63) is 35.6 Å². The Balaban J connectivity index is 1.74. The van der Waals surface area contributed by atoms with Crippen LogP contribution in [0.2, 0.25) is 0 Å². The molecule has 1 aromatic carbocycles. The van der Waals surface area contributed by atoms with Gasteiger partial charge in [0.2, 0.25) is 5.91 Å². The molecule has 1 aliphatic rings. The van der Waals surface area contributed by atoms with Gasteiger partial charge in [-0.05, 0) is 42.7 Å². The second-order valence-corrected chi connectivity index (χ2v) is 6.92. The summed E-state index contributed by atoms with van der Waals surface area (Å²) in [6, 6.07) is 6.47. The number of carbonyl (C=O) groups excluding carboxylic acids is 1. The first-order valence-electron chi connectivity index (χ1n) is 7.31. The van der Waals surface area contributed by atoms with E-state index in [-0.39, 0.29) is 17.6 Å². The van der Waals surface area contributed by atoms with Crippen molar-refractivity contribution in [2.45, 2.75) is 31.8 Å². The molecule has 0 saturated carbocycles. The number of carbonyl (C=O) groups is 1. The number of thioether (sulfide) groups is 1. The molecule has 0 bridgehead atoms. The monoisotopic (exact) mass is 311 g/mol. The topological polar surface area (TPSA) is 49.3 Å². The summed E-state index contributed by atoms with van der Waals surface area (Å²) in [5.41, 5.74) is 0.156. The summed E-state index contributed by atoms with van der Waals surface area (Å²) >= 11 is 1.71. The average molecular weight is 311 g/mol. The van der Waals surface area contributed by atoms with Crippen molar-refractivity contribution in [3.63, 3.8) is 0 Å². The highest BCUT2D eigenvalue weighted by Crippen LogP contribution is 2.27. The molecule has 2 N–H and O–H groups in total. The molecule has 5 heteroatoms. The van der Waals surface area contributed by atoms with Gasteiger partial charge in [-0.25, -0.2) is 4.39 Å². The molecule has 116 valence electrons. The summed E-state index contributed by atoms with van der Waals surface area (Å²) in [5, 5.41) is 13.0. The number of hydrogen-bond acceptors (Lipinski definition) is 3. The Kier molecular flexibility index (Phi) is 5.65. The highest BCUT2D eigenvalue weighted by molar-refractivity contribution is 7.99. The second-order valence-electron chi connectivity index (χ2n) is 5.81. The van der Waals surface area contributed by atoms with Crippen molar-refractivity contribution < 1.29 is 14.3 Å². The van der Waals surface area contributed by atoms with Gasteiger partial charge in [-0.1, -0.05) is 19.1 Å². The fourth-order valence-electron chi connectivity index (χ4n) is 2.37. The van der Waals surface area contributed by atoms with Crippen LogP contribution in [0.3, 0.4) is 0 Å². The van der Waals surface area contributed by atoms with Crippen LogP contribution in [0.25, 0.3) is 0 Å². The van der Waals surface area contributed by atoms with Crippen molar-refractivity contribution in [1.82, 2.24) is 5.32 Å². The normalized spacial score (nSPS) is 23.0. The van der Waals surface area contributed by atoms with E-state index < -0.39 is 5.60 Å². The van der Waals surface area contributed by atoms with Crippen molar-refractivity contribution in [2.75, 3.05) is 18.1 Å². The van der Waals surface area contributed by atoms with E-state index in [9.17, 15) is 14.3 Å². The first-order chi connectivity index (χ1) is 9.98.